The zero-order valence-corrected chi connectivity index (χ0v) is 14.1. The molecule has 1 heterocycles. The van der Waals surface area contributed by atoms with Gasteiger partial charge in [-0.25, -0.2) is 9.78 Å². The van der Waals surface area contributed by atoms with Crippen molar-refractivity contribution in [1.82, 2.24) is 10.3 Å². The molecule has 0 unspecified atom stereocenters. The third-order valence-corrected chi connectivity index (χ3v) is 3.74. The van der Waals surface area contributed by atoms with Crippen LogP contribution < -0.4 is 10.6 Å². The summed E-state index contributed by atoms with van der Waals surface area (Å²) in [5, 5.41) is 5.79. The van der Waals surface area contributed by atoms with E-state index in [-0.39, 0.29) is 6.03 Å². The SMILES string of the molecule is C=C(C)c1cccc(C(C)(C)NC(=O)Nc2ncccc2C)c1. The van der Waals surface area contributed by atoms with E-state index in [9.17, 15) is 4.79 Å². The number of hydrogen-bond donors (Lipinski definition) is 2. The molecule has 120 valence electrons. The number of carbonyl (C=O) groups excluding carboxylic acids is 1. The van der Waals surface area contributed by atoms with E-state index in [0.29, 0.717) is 5.82 Å². The van der Waals surface area contributed by atoms with Crippen molar-refractivity contribution in [3.8, 4) is 0 Å². The first-order valence-electron chi connectivity index (χ1n) is 7.57. The Balaban J connectivity index is 2.14. The average Bonchev–Trinajstić information content (AvgIpc) is 2.49. The fourth-order valence-electron chi connectivity index (χ4n) is 2.28. The molecule has 2 amide bonds. The first kappa shape index (κ1) is 16.7. The molecule has 0 atom stereocenters. The molecule has 2 rings (SSSR count). The van der Waals surface area contributed by atoms with E-state index in [1.54, 1.807) is 6.20 Å². The lowest BCUT2D eigenvalue weighted by Crippen LogP contribution is -2.43. The van der Waals surface area contributed by atoms with Crippen LogP contribution in [0.15, 0.2) is 49.2 Å². The highest BCUT2D eigenvalue weighted by molar-refractivity contribution is 5.89. The second-order valence-corrected chi connectivity index (χ2v) is 6.23. The standard InChI is InChI=1S/C19H23N3O/c1-13(2)15-9-6-10-16(12-15)19(4,5)22-18(23)21-17-14(3)8-7-11-20-17/h6-12H,1H2,2-5H3,(H2,20,21,22,23). The van der Waals surface area contributed by atoms with Gasteiger partial charge in [0.05, 0.1) is 5.54 Å². The fraction of sp³-hybridized carbons (Fsp3) is 0.263. The van der Waals surface area contributed by atoms with E-state index < -0.39 is 5.54 Å². The Morgan fingerprint density at radius 3 is 2.61 bits per heavy atom. The Morgan fingerprint density at radius 1 is 1.22 bits per heavy atom. The number of benzene rings is 1. The van der Waals surface area contributed by atoms with E-state index in [0.717, 1.165) is 22.3 Å². The number of rotatable bonds is 4. The topological polar surface area (TPSA) is 54.0 Å². The number of aryl methyl sites for hydroxylation is 1. The smallest absolute Gasteiger partial charge is 0.321 e. The van der Waals surface area contributed by atoms with Crippen molar-refractivity contribution in [1.29, 1.82) is 0 Å². The van der Waals surface area contributed by atoms with Crippen LogP contribution >= 0.6 is 0 Å². The number of urea groups is 1. The lowest BCUT2D eigenvalue weighted by molar-refractivity contribution is 0.241. The summed E-state index contributed by atoms with van der Waals surface area (Å²) in [7, 11) is 0. The summed E-state index contributed by atoms with van der Waals surface area (Å²) in [5.41, 5.74) is 3.49. The number of anilines is 1. The van der Waals surface area contributed by atoms with Crippen molar-refractivity contribution in [2.45, 2.75) is 33.2 Å². The maximum atomic E-state index is 12.3. The lowest BCUT2D eigenvalue weighted by Gasteiger charge is -2.27. The van der Waals surface area contributed by atoms with E-state index in [1.807, 2.05) is 58.0 Å². The molecule has 2 N–H and O–H groups in total. The second kappa shape index (κ2) is 6.65. The van der Waals surface area contributed by atoms with Crippen LogP contribution in [0, 0.1) is 6.92 Å². The number of amides is 2. The van der Waals surface area contributed by atoms with Gasteiger partial charge < -0.3 is 5.32 Å². The fourth-order valence-corrected chi connectivity index (χ4v) is 2.28. The minimum atomic E-state index is -0.516. The van der Waals surface area contributed by atoms with Crippen LogP contribution in [-0.2, 0) is 5.54 Å². The number of nitrogens with one attached hydrogen (secondary N) is 2. The van der Waals surface area contributed by atoms with Crippen LogP contribution in [0.5, 0.6) is 0 Å². The van der Waals surface area contributed by atoms with Gasteiger partial charge in [0, 0.05) is 6.20 Å². The van der Waals surface area contributed by atoms with Gasteiger partial charge in [-0.15, -0.1) is 0 Å². The summed E-state index contributed by atoms with van der Waals surface area (Å²) in [6.45, 7) is 11.8. The molecule has 0 saturated heterocycles. The molecular formula is C19H23N3O. The summed E-state index contributed by atoms with van der Waals surface area (Å²) in [5.74, 6) is 0.566. The second-order valence-electron chi connectivity index (χ2n) is 6.23. The Hall–Kier alpha value is -2.62. The predicted molar refractivity (Wildman–Crippen MR) is 95.3 cm³/mol. The van der Waals surface area contributed by atoms with Crippen LogP contribution in [0.2, 0.25) is 0 Å². The zero-order valence-electron chi connectivity index (χ0n) is 14.1. The van der Waals surface area contributed by atoms with Crippen LogP contribution in [0.3, 0.4) is 0 Å². The molecule has 4 nitrogen and oxygen atoms in total. The molecule has 0 spiro atoms. The zero-order chi connectivity index (χ0) is 17.0. The molecule has 2 aromatic rings. The highest BCUT2D eigenvalue weighted by Gasteiger charge is 2.23. The Bertz CT molecular complexity index is 735. The molecule has 1 aromatic heterocycles. The van der Waals surface area contributed by atoms with Crippen LogP contribution in [0.25, 0.3) is 5.57 Å². The normalized spacial score (nSPS) is 11.0. The molecule has 1 aromatic carbocycles. The molecule has 0 aliphatic carbocycles. The quantitative estimate of drug-likeness (QED) is 0.875. The van der Waals surface area contributed by atoms with Crippen molar-refractivity contribution in [2.75, 3.05) is 5.32 Å². The van der Waals surface area contributed by atoms with E-state index in [2.05, 4.69) is 28.3 Å². The van der Waals surface area contributed by atoms with Crippen molar-refractivity contribution in [2.24, 2.45) is 0 Å². The van der Waals surface area contributed by atoms with E-state index in [4.69, 9.17) is 0 Å². The highest BCUT2D eigenvalue weighted by Crippen LogP contribution is 2.23. The average molecular weight is 309 g/mol. The van der Waals surface area contributed by atoms with E-state index in [1.165, 1.54) is 0 Å². The number of hydrogen-bond acceptors (Lipinski definition) is 2. The van der Waals surface area contributed by atoms with Crippen molar-refractivity contribution in [3.05, 3.63) is 65.9 Å². The molecule has 23 heavy (non-hydrogen) atoms. The van der Waals surface area contributed by atoms with Gasteiger partial charge in [0.1, 0.15) is 5.82 Å². The third-order valence-electron chi connectivity index (χ3n) is 3.74. The molecule has 0 bridgehead atoms. The number of pyridine rings is 1. The summed E-state index contributed by atoms with van der Waals surface area (Å²) < 4.78 is 0. The number of allylic oxidation sites excluding steroid dienone is 1. The van der Waals surface area contributed by atoms with Gasteiger partial charge >= 0.3 is 6.03 Å². The third kappa shape index (κ3) is 4.19. The van der Waals surface area contributed by atoms with E-state index >= 15 is 0 Å². The minimum Gasteiger partial charge on any atom is -0.329 e. The Kier molecular flexibility index (Phi) is 4.84. The minimum absolute atomic E-state index is 0.280. The predicted octanol–water partition coefficient (Wildman–Crippen LogP) is 4.48. The first-order chi connectivity index (χ1) is 10.8. The molecular weight excluding hydrogens is 286 g/mol. The van der Waals surface area contributed by atoms with Crippen molar-refractivity contribution < 1.29 is 4.79 Å². The van der Waals surface area contributed by atoms with Crippen LogP contribution in [-0.4, -0.2) is 11.0 Å². The Labute approximate surface area is 137 Å². The monoisotopic (exact) mass is 309 g/mol. The van der Waals surface area contributed by atoms with Crippen LogP contribution in [0.1, 0.15) is 37.5 Å². The van der Waals surface area contributed by atoms with Crippen molar-refractivity contribution in [3.63, 3.8) is 0 Å². The van der Waals surface area contributed by atoms with Gasteiger partial charge in [-0.05, 0) is 56.5 Å². The summed E-state index contributed by atoms with van der Waals surface area (Å²) >= 11 is 0. The van der Waals surface area contributed by atoms with Gasteiger partial charge in [0.2, 0.25) is 0 Å². The number of nitrogens with zero attached hydrogens (tertiary/aromatic N) is 1. The lowest BCUT2D eigenvalue weighted by atomic mass is 9.92. The summed E-state index contributed by atoms with van der Waals surface area (Å²) in [6, 6.07) is 11.5. The maximum absolute atomic E-state index is 12.3. The maximum Gasteiger partial charge on any atom is 0.321 e. The molecule has 0 fully saturated rings. The summed E-state index contributed by atoms with van der Waals surface area (Å²) in [6.07, 6.45) is 1.66. The highest BCUT2D eigenvalue weighted by atomic mass is 16.2. The van der Waals surface area contributed by atoms with Crippen LogP contribution in [0.4, 0.5) is 10.6 Å². The van der Waals surface area contributed by atoms with Gasteiger partial charge in [-0.1, -0.05) is 36.4 Å². The largest absolute Gasteiger partial charge is 0.329 e. The van der Waals surface area contributed by atoms with Gasteiger partial charge in [-0.3, -0.25) is 5.32 Å². The molecule has 0 aliphatic rings. The first-order valence-corrected chi connectivity index (χ1v) is 7.57. The number of aromatic nitrogens is 1. The number of carbonyl (C=O) groups is 1. The molecule has 4 heteroatoms. The molecule has 0 saturated carbocycles. The van der Waals surface area contributed by atoms with Crippen molar-refractivity contribution >= 4 is 17.4 Å². The van der Waals surface area contributed by atoms with Gasteiger partial charge in [0.25, 0.3) is 0 Å². The molecule has 0 radical (unpaired) electrons. The molecule has 0 aliphatic heterocycles. The van der Waals surface area contributed by atoms with Gasteiger partial charge in [-0.2, -0.15) is 0 Å². The summed E-state index contributed by atoms with van der Waals surface area (Å²) in [4.78, 5) is 16.5. The van der Waals surface area contributed by atoms with Gasteiger partial charge in [0.15, 0.2) is 0 Å². The Morgan fingerprint density at radius 2 is 1.96 bits per heavy atom.